The van der Waals surface area contributed by atoms with E-state index in [1.807, 2.05) is 42.5 Å². The van der Waals surface area contributed by atoms with Gasteiger partial charge in [-0.05, 0) is 46.5 Å². The van der Waals surface area contributed by atoms with Crippen molar-refractivity contribution in [3.63, 3.8) is 0 Å². The zero-order chi connectivity index (χ0) is 31.6. The van der Waals surface area contributed by atoms with Crippen LogP contribution in [-0.4, -0.2) is 15.0 Å². The van der Waals surface area contributed by atoms with Gasteiger partial charge in [0.15, 0.2) is 11.4 Å². The van der Waals surface area contributed by atoms with Crippen LogP contribution in [0.15, 0.2) is 156 Å². The average molecular weight is 632 g/mol. The van der Waals surface area contributed by atoms with Gasteiger partial charge >= 0.3 is 0 Å². The first kappa shape index (κ1) is 27.0. The summed E-state index contributed by atoms with van der Waals surface area (Å²) in [5.74, 6) is 1.33. The van der Waals surface area contributed by atoms with Crippen molar-refractivity contribution >= 4 is 64.2 Å². The van der Waals surface area contributed by atoms with Gasteiger partial charge in [-0.2, -0.15) is 0 Å². The second-order valence-electron chi connectivity index (χ2n) is 12.0. The summed E-state index contributed by atoms with van der Waals surface area (Å²) < 4.78 is 8.95. The van der Waals surface area contributed by atoms with Crippen LogP contribution >= 0.6 is 11.3 Å². The molecule has 3 aromatic heterocycles. The van der Waals surface area contributed by atoms with E-state index in [9.17, 15) is 0 Å². The van der Waals surface area contributed by atoms with Crippen molar-refractivity contribution in [3.8, 4) is 45.4 Å². The fourth-order valence-electron chi connectivity index (χ4n) is 6.80. The molecule has 0 N–H and O–H groups in total. The highest BCUT2D eigenvalue weighted by Crippen LogP contribution is 2.42. The Labute approximate surface area is 279 Å². The topological polar surface area (TPSA) is 51.8 Å². The van der Waals surface area contributed by atoms with Crippen LogP contribution in [-0.2, 0) is 0 Å². The van der Waals surface area contributed by atoms with E-state index < -0.39 is 0 Å². The summed E-state index contributed by atoms with van der Waals surface area (Å²) in [7, 11) is 0. The number of benzene rings is 7. The lowest BCUT2D eigenvalue weighted by Crippen LogP contribution is -1.96. The summed E-state index contributed by atoms with van der Waals surface area (Å²) in [5, 5.41) is 6.90. The van der Waals surface area contributed by atoms with Gasteiger partial charge in [-0.3, -0.25) is 0 Å². The molecule has 0 amide bonds. The molecule has 0 fully saturated rings. The number of aromatic nitrogens is 3. The molecule has 0 unspecified atom stereocenters. The number of oxazole rings is 1. The second-order valence-corrected chi connectivity index (χ2v) is 13.1. The molecule has 0 spiro atoms. The molecule has 0 saturated heterocycles. The molecular formula is C43H25N3OS. The van der Waals surface area contributed by atoms with Crippen LogP contribution in [0.1, 0.15) is 0 Å². The lowest BCUT2D eigenvalue weighted by atomic mass is 9.98. The molecule has 3 heterocycles. The maximum absolute atomic E-state index is 6.49. The lowest BCUT2D eigenvalue weighted by molar-refractivity contribution is 0.621. The Morgan fingerprint density at radius 3 is 1.96 bits per heavy atom. The second kappa shape index (κ2) is 10.7. The molecule has 0 aliphatic heterocycles. The predicted octanol–water partition coefficient (Wildman–Crippen LogP) is 12.0. The van der Waals surface area contributed by atoms with Crippen molar-refractivity contribution in [2.75, 3.05) is 0 Å². The van der Waals surface area contributed by atoms with Crippen LogP contribution in [0.3, 0.4) is 0 Å². The number of fused-ring (bicyclic) bond motifs is 8. The van der Waals surface area contributed by atoms with Crippen LogP contribution in [0.4, 0.5) is 0 Å². The van der Waals surface area contributed by atoms with Gasteiger partial charge in [0.2, 0.25) is 5.89 Å². The van der Waals surface area contributed by atoms with Crippen LogP contribution in [0.2, 0.25) is 0 Å². The summed E-state index contributed by atoms with van der Waals surface area (Å²) >= 11 is 1.79. The van der Waals surface area contributed by atoms with Gasteiger partial charge in [0.25, 0.3) is 0 Å². The minimum Gasteiger partial charge on any atom is -0.436 e. The van der Waals surface area contributed by atoms with Gasteiger partial charge in [0, 0.05) is 42.2 Å². The molecule has 0 bridgehead atoms. The summed E-state index contributed by atoms with van der Waals surface area (Å²) in [5.41, 5.74) is 7.52. The molecule has 5 heteroatoms. The third kappa shape index (κ3) is 4.33. The van der Waals surface area contributed by atoms with Crippen LogP contribution in [0.5, 0.6) is 0 Å². The summed E-state index contributed by atoms with van der Waals surface area (Å²) in [6.07, 6.45) is 0. The minimum absolute atomic E-state index is 0.642. The largest absolute Gasteiger partial charge is 0.436 e. The lowest BCUT2D eigenvalue weighted by Gasteiger charge is -2.11. The number of thiophene rings is 1. The van der Waals surface area contributed by atoms with Crippen molar-refractivity contribution in [1.82, 2.24) is 15.0 Å². The molecule has 7 aromatic carbocycles. The fraction of sp³-hybridized carbons (Fsp3) is 0. The highest BCUT2D eigenvalue weighted by Gasteiger charge is 2.18. The third-order valence-corrected chi connectivity index (χ3v) is 10.3. The normalized spacial score (nSPS) is 11.8. The van der Waals surface area contributed by atoms with Crippen molar-refractivity contribution in [2.45, 2.75) is 0 Å². The maximum Gasteiger partial charge on any atom is 0.228 e. The molecule has 0 saturated carbocycles. The monoisotopic (exact) mass is 631 g/mol. The predicted molar refractivity (Wildman–Crippen MR) is 199 cm³/mol. The molecule has 0 aliphatic carbocycles. The standard InChI is InChI=1S/C43H25N3OS/c1-3-10-26(11-4-1)35-25-36(27-12-5-2-6-13-27)45-42(44-35)30-20-22-31-29(24-30)19-18-28-21-23-37-40(39(28)31)46-43(47-37)34-16-9-15-33-32-14-7-8-17-38(32)48-41(33)34/h1-25H. The zero-order valence-corrected chi connectivity index (χ0v) is 26.4. The van der Waals surface area contributed by atoms with Crippen LogP contribution < -0.4 is 0 Å². The molecular weight excluding hydrogens is 607 g/mol. The van der Waals surface area contributed by atoms with E-state index in [0.717, 1.165) is 66.3 Å². The zero-order valence-electron chi connectivity index (χ0n) is 25.6. The summed E-state index contributed by atoms with van der Waals surface area (Å²) in [6, 6.07) is 52.6. The Morgan fingerprint density at radius 1 is 0.479 bits per heavy atom. The Kier molecular flexibility index (Phi) is 6.01. The van der Waals surface area contributed by atoms with Crippen LogP contribution in [0.25, 0.3) is 98.2 Å². The van der Waals surface area contributed by atoms with E-state index in [0.29, 0.717) is 11.7 Å². The molecule has 4 nitrogen and oxygen atoms in total. The maximum atomic E-state index is 6.49. The number of nitrogens with zero attached hydrogens (tertiary/aromatic N) is 3. The van der Waals surface area contributed by atoms with Gasteiger partial charge in [0.1, 0.15) is 5.52 Å². The molecule has 48 heavy (non-hydrogen) atoms. The first-order valence-electron chi connectivity index (χ1n) is 15.9. The number of hydrogen-bond acceptors (Lipinski definition) is 5. The molecule has 0 aliphatic rings. The fourth-order valence-corrected chi connectivity index (χ4v) is 8.01. The Balaban J connectivity index is 1.14. The van der Waals surface area contributed by atoms with E-state index in [1.54, 1.807) is 11.3 Å². The summed E-state index contributed by atoms with van der Waals surface area (Å²) in [6.45, 7) is 0. The molecule has 0 radical (unpaired) electrons. The Hall–Kier alpha value is -6.17. The van der Waals surface area contributed by atoms with Crippen molar-refractivity contribution in [2.24, 2.45) is 0 Å². The van der Waals surface area contributed by atoms with E-state index in [-0.39, 0.29) is 0 Å². The van der Waals surface area contributed by atoms with Crippen molar-refractivity contribution < 1.29 is 4.42 Å². The van der Waals surface area contributed by atoms with Gasteiger partial charge in [-0.15, -0.1) is 11.3 Å². The highest BCUT2D eigenvalue weighted by atomic mass is 32.1. The molecule has 224 valence electrons. The van der Waals surface area contributed by atoms with E-state index >= 15 is 0 Å². The minimum atomic E-state index is 0.642. The Bertz CT molecular complexity index is 2780. The number of hydrogen-bond donors (Lipinski definition) is 0. The van der Waals surface area contributed by atoms with E-state index in [4.69, 9.17) is 19.4 Å². The van der Waals surface area contributed by atoms with Gasteiger partial charge in [-0.25, -0.2) is 15.0 Å². The SMILES string of the molecule is c1ccc(-c2cc(-c3ccccc3)nc(-c3ccc4c(ccc5ccc6oc(-c7cccc8c7sc7ccccc78)nc6c54)c3)n2)cc1. The Morgan fingerprint density at radius 2 is 1.17 bits per heavy atom. The van der Waals surface area contributed by atoms with Crippen molar-refractivity contribution in [1.29, 1.82) is 0 Å². The summed E-state index contributed by atoms with van der Waals surface area (Å²) in [4.78, 5) is 15.3. The third-order valence-electron chi connectivity index (χ3n) is 9.11. The highest BCUT2D eigenvalue weighted by molar-refractivity contribution is 7.26. The van der Waals surface area contributed by atoms with Gasteiger partial charge in [-0.1, -0.05) is 121 Å². The average Bonchev–Trinajstić information content (AvgIpc) is 3.77. The first-order chi connectivity index (χ1) is 23.8. The van der Waals surface area contributed by atoms with Gasteiger partial charge in [0.05, 0.1) is 17.0 Å². The van der Waals surface area contributed by atoms with E-state index in [1.165, 1.54) is 20.2 Å². The van der Waals surface area contributed by atoms with Gasteiger partial charge < -0.3 is 4.42 Å². The first-order valence-corrected chi connectivity index (χ1v) is 16.8. The van der Waals surface area contributed by atoms with E-state index in [2.05, 4.69) is 109 Å². The van der Waals surface area contributed by atoms with Crippen molar-refractivity contribution in [3.05, 3.63) is 152 Å². The molecule has 10 rings (SSSR count). The molecule has 0 atom stereocenters. The van der Waals surface area contributed by atoms with Crippen LogP contribution in [0, 0.1) is 0 Å². The quantitative estimate of drug-likeness (QED) is 0.181. The molecule has 10 aromatic rings. The smallest absolute Gasteiger partial charge is 0.228 e. The number of rotatable bonds is 4.